The monoisotopic (exact) mass is 507 g/mol. The van der Waals surface area contributed by atoms with Crippen LogP contribution in [0.4, 0.5) is 4.79 Å². The van der Waals surface area contributed by atoms with Crippen LogP contribution in [-0.4, -0.2) is 74.3 Å². The molecule has 36 heavy (non-hydrogen) atoms. The number of esters is 1. The van der Waals surface area contributed by atoms with Gasteiger partial charge in [0.2, 0.25) is 5.91 Å². The molecular weight excluding hydrogens is 466 g/mol. The highest BCUT2D eigenvalue weighted by Crippen LogP contribution is 2.33. The second kappa shape index (κ2) is 11.1. The Balaban J connectivity index is 1.86. The highest BCUT2D eigenvalue weighted by Gasteiger charge is 2.45. The van der Waals surface area contributed by atoms with Gasteiger partial charge in [0.15, 0.2) is 0 Å². The van der Waals surface area contributed by atoms with Crippen LogP contribution in [0.15, 0.2) is 6.20 Å². The molecule has 2 N–H and O–H groups in total. The van der Waals surface area contributed by atoms with E-state index in [9.17, 15) is 19.5 Å². The third-order valence-electron chi connectivity index (χ3n) is 6.87. The van der Waals surface area contributed by atoms with Crippen LogP contribution in [-0.2, 0) is 24.7 Å². The van der Waals surface area contributed by atoms with Crippen LogP contribution in [0.2, 0.25) is 0 Å². The van der Waals surface area contributed by atoms with Gasteiger partial charge in [-0.2, -0.15) is 0 Å². The number of aromatic nitrogens is 3. The minimum atomic E-state index is -1.20. The average Bonchev–Trinajstić information content (AvgIpc) is 3.44. The molecule has 3 rings (SSSR count). The minimum Gasteiger partial charge on any atom is -0.467 e. The van der Waals surface area contributed by atoms with Gasteiger partial charge in [-0.1, -0.05) is 37.3 Å². The molecule has 2 heterocycles. The predicted octanol–water partition coefficient (Wildman–Crippen LogP) is 2.68. The number of nitrogens with one attached hydrogen (secondary N) is 1. The first kappa shape index (κ1) is 27.9. The van der Waals surface area contributed by atoms with Crippen LogP contribution in [0, 0.1) is 5.92 Å². The summed E-state index contributed by atoms with van der Waals surface area (Å²) in [6, 6.07) is -2.07. The lowest BCUT2D eigenvalue weighted by Gasteiger charge is -2.31. The number of nitrogens with zero attached hydrogens (tertiary/aromatic N) is 4. The zero-order valence-electron chi connectivity index (χ0n) is 22.3. The average molecular weight is 508 g/mol. The van der Waals surface area contributed by atoms with E-state index >= 15 is 0 Å². The van der Waals surface area contributed by atoms with Gasteiger partial charge < -0.3 is 24.8 Å². The predicted molar refractivity (Wildman–Crippen MR) is 131 cm³/mol. The molecule has 0 aromatic carbocycles. The lowest BCUT2D eigenvalue weighted by atomic mass is 9.84. The molecule has 1 aliphatic heterocycles. The summed E-state index contributed by atoms with van der Waals surface area (Å²) >= 11 is 0. The fraction of sp³-hybridized carbons (Fsp3) is 0.800. The molecule has 11 heteroatoms. The number of aliphatic hydroxyl groups is 1. The van der Waals surface area contributed by atoms with Crippen molar-refractivity contribution in [2.75, 3.05) is 13.7 Å². The highest BCUT2D eigenvalue weighted by molar-refractivity contribution is 5.90. The summed E-state index contributed by atoms with van der Waals surface area (Å²) < 4.78 is 12.0. The number of methoxy groups -OCH3 is 1. The fourth-order valence-electron chi connectivity index (χ4n) is 5.17. The molecule has 1 aliphatic carbocycles. The molecule has 0 unspecified atom stereocenters. The van der Waals surface area contributed by atoms with Crippen molar-refractivity contribution in [3.63, 3.8) is 0 Å². The summed E-state index contributed by atoms with van der Waals surface area (Å²) in [5.41, 5.74) is -1.43. The molecule has 1 aromatic rings. The van der Waals surface area contributed by atoms with Crippen LogP contribution < -0.4 is 5.32 Å². The van der Waals surface area contributed by atoms with Gasteiger partial charge in [-0.05, 0) is 47.0 Å². The number of ether oxygens (including phenoxy) is 2. The van der Waals surface area contributed by atoms with Crippen LogP contribution in [0.3, 0.4) is 0 Å². The van der Waals surface area contributed by atoms with E-state index in [4.69, 9.17) is 9.47 Å². The van der Waals surface area contributed by atoms with Gasteiger partial charge in [0, 0.05) is 13.0 Å². The molecule has 1 aromatic heterocycles. The van der Waals surface area contributed by atoms with E-state index in [0.29, 0.717) is 18.0 Å². The van der Waals surface area contributed by atoms with Crippen molar-refractivity contribution in [1.82, 2.24) is 25.2 Å². The number of likely N-dealkylation sites (tertiary alicyclic amines) is 1. The summed E-state index contributed by atoms with van der Waals surface area (Å²) in [6.07, 6.45) is 6.91. The summed E-state index contributed by atoms with van der Waals surface area (Å²) in [5, 5.41) is 21.4. The van der Waals surface area contributed by atoms with Gasteiger partial charge in [-0.15, -0.1) is 5.10 Å². The molecular formula is C25H41N5O6. The molecule has 2 amide bonds. The molecule has 11 nitrogen and oxygen atoms in total. The van der Waals surface area contributed by atoms with Crippen molar-refractivity contribution in [1.29, 1.82) is 0 Å². The minimum absolute atomic E-state index is 0.169. The Labute approximate surface area is 212 Å². The van der Waals surface area contributed by atoms with E-state index in [1.54, 1.807) is 39.3 Å². The maximum absolute atomic E-state index is 13.9. The summed E-state index contributed by atoms with van der Waals surface area (Å²) in [6.45, 7) is 8.72. The normalized spacial score (nSPS) is 22.2. The number of amides is 2. The van der Waals surface area contributed by atoms with Gasteiger partial charge in [-0.25, -0.2) is 14.3 Å². The molecule has 2 aliphatic rings. The quantitative estimate of drug-likeness (QED) is 0.538. The Bertz CT molecular complexity index is 928. The third kappa shape index (κ3) is 6.96. The smallest absolute Gasteiger partial charge is 0.408 e. The van der Waals surface area contributed by atoms with Crippen LogP contribution in [0.25, 0.3) is 0 Å². The third-order valence-corrected chi connectivity index (χ3v) is 6.87. The zero-order chi connectivity index (χ0) is 26.7. The Morgan fingerprint density at radius 2 is 1.83 bits per heavy atom. The Hall–Kier alpha value is -2.69. The molecule has 202 valence electrons. The van der Waals surface area contributed by atoms with E-state index in [1.165, 1.54) is 24.6 Å². The number of rotatable bonds is 7. The first-order chi connectivity index (χ1) is 16.8. The van der Waals surface area contributed by atoms with E-state index in [1.807, 2.05) is 0 Å². The topological polar surface area (TPSA) is 136 Å². The van der Waals surface area contributed by atoms with Gasteiger partial charge in [0.25, 0.3) is 0 Å². The molecule has 0 spiro atoms. The fourth-order valence-corrected chi connectivity index (χ4v) is 5.17. The molecule has 2 fully saturated rings. The van der Waals surface area contributed by atoms with Crippen LogP contribution >= 0.6 is 0 Å². The Morgan fingerprint density at radius 1 is 1.17 bits per heavy atom. The maximum atomic E-state index is 13.9. The van der Waals surface area contributed by atoms with Gasteiger partial charge >= 0.3 is 12.1 Å². The van der Waals surface area contributed by atoms with Crippen molar-refractivity contribution < 1.29 is 29.0 Å². The van der Waals surface area contributed by atoms with Crippen molar-refractivity contribution in [3.05, 3.63) is 11.9 Å². The molecule has 1 saturated carbocycles. The lowest BCUT2D eigenvalue weighted by molar-refractivity contribution is -0.151. The first-order valence-corrected chi connectivity index (χ1v) is 12.8. The number of alkyl carbamates (subject to hydrolysis) is 1. The van der Waals surface area contributed by atoms with Gasteiger partial charge in [0.1, 0.15) is 23.3 Å². The van der Waals surface area contributed by atoms with E-state index in [-0.39, 0.29) is 24.9 Å². The number of hydrogen-bond donors (Lipinski definition) is 2. The van der Waals surface area contributed by atoms with Crippen molar-refractivity contribution in [2.45, 2.75) is 109 Å². The zero-order valence-corrected chi connectivity index (χ0v) is 22.3. The largest absolute Gasteiger partial charge is 0.467 e. The molecule has 0 bridgehead atoms. The number of hydrogen-bond acceptors (Lipinski definition) is 8. The maximum Gasteiger partial charge on any atom is 0.408 e. The van der Waals surface area contributed by atoms with E-state index < -0.39 is 35.3 Å². The summed E-state index contributed by atoms with van der Waals surface area (Å²) in [4.78, 5) is 40.8. The second-order valence-electron chi connectivity index (χ2n) is 11.5. The van der Waals surface area contributed by atoms with E-state index in [0.717, 1.165) is 25.7 Å². The molecule has 1 saturated heterocycles. The van der Waals surface area contributed by atoms with Crippen molar-refractivity contribution >= 4 is 18.0 Å². The highest BCUT2D eigenvalue weighted by atomic mass is 16.6. The second-order valence-corrected chi connectivity index (χ2v) is 11.5. The summed E-state index contributed by atoms with van der Waals surface area (Å²) in [7, 11) is 1.29. The molecule has 3 atom stereocenters. The Kier molecular flexibility index (Phi) is 8.63. The SMILES string of the molecule is COC(=O)[C@@H]1C[C@H](n2nncc2C(C)(C)O)CN1C(=O)[C@@H](CC1CCCCC1)NC(=O)OC(C)(C)C. The first-order valence-electron chi connectivity index (χ1n) is 12.8. The lowest BCUT2D eigenvalue weighted by Crippen LogP contribution is -2.53. The van der Waals surface area contributed by atoms with Crippen LogP contribution in [0.5, 0.6) is 0 Å². The van der Waals surface area contributed by atoms with Crippen LogP contribution in [0.1, 0.15) is 91.3 Å². The summed E-state index contributed by atoms with van der Waals surface area (Å²) in [5.74, 6) is -0.589. The van der Waals surface area contributed by atoms with Gasteiger partial charge in [0.05, 0.1) is 25.0 Å². The Morgan fingerprint density at radius 3 is 2.42 bits per heavy atom. The number of carbonyl (C=O) groups excluding carboxylic acids is 3. The standard InChI is InChI=1S/C25H41N5O6/c1-24(2,3)36-23(33)27-18(12-16-10-8-7-9-11-16)21(31)29-15-17(13-19(29)22(32)35-6)30-20(14-26-28-30)25(4,5)34/h14,16-19,34H,7-13,15H2,1-6H3,(H,27,33)/t17-,18+,19-/m0/s1. The number of carbonyl (C=O) groups is 3. The van der Waals surface area contributed by atoms with Gasteiger partial charge in [-0.3, -0.25) is 4.79 Å². The van der Waals surface area contributed by atoms with Crippen molar-refractivity contribution in [3.8, 4) is 0 Å². The van der Waals surface area contributed by atoms with E-state index in [2.05, 4.69) is 15.6 Å². The van der Waals surface area contributed by atoms with Crippen molar-refractivity contribution in [2.24, 2.45) is 5.92 Å². The molecule has 0 radical (unpaired) electrons.